The van der Waals surface area contributed by atoms with Gasteiger partial charge in [0.15, 0.2) is 11.5 Å². The monoisotopic (exact) mass is 369 g/mol. The smallest absolute Gasteiger partial charge is 0.166 e. The van der Waals surface area contributed by atoms with E-state index in [1.165, 1.54) is 0 Å². The number of nitrogens with one attached hydrogen (secondary N) is 1. The lowest BCUT2D eigenvalue weighted by atomic mass is 10.1. The summed E-state index contributed by atoms with van der Waals surface area (Å²) >= 11 is 6.20. The molecule has 0 bridgehead atoms. The molecule has 2 aromatic rings. The topological polar surface area (TPSA) is 30.5 Å². The Balaban J connectivity index is 0.00000288. The van der Waals surface area contributed by atoms with Crippen molar-refractivity contribution in [2.45, 2.75) is 39.5 Å². The predicted octanol–water partition coefficient (Wildman–Crippen LogP) is 5.24. The molecule has 0 spiro atoms. The molecule has 0 aliphatic carbocycles. The number of benzene rings is 2. The minimum atomic E-state index is 0. The number of hydrogen-bond donors (Lipinski definition) is 1. The highest BCUT2D eigenvalue weighted by molar-refractivity contribution is 6.31. The van der Waals surface area contributed by atoms with Crippen molar-refractivity contribution in [2.75, 3.05) is 7.11 Å². The van der Waals surface area contributed by atoms with Crippen molar-refractivity contribution in [3.05, 3.63) is 58.6 Å². The Hall–Kier alpha value is -1.42. The molecule has 0 heterocycles. The van der Waals surface area contributed by atoms with Crippen LogP contribution in [0.3, 0.4) is 0 Å². The van der Waals surface area contributed by atoms with Gasteiger partial charge in [0.1, 0.15) is 6.61 Å². The maximum atomic E-state index is 6.20. The van der Waals surface area contributed by atoms with Gasteiger partial charge in [0.05, 0.1) is 7.11 Å². The van der Waals surface area contributed by atoms with E-state index in [0.717, 1.165) is 35.6 Å². The van der Waals surface area contributed by atoms with E-state index < -0.39 is 0 Å². The van der Waals surface area contributed by atoms with Crippen LogP contribution in [0.4, 0.5) is 0 Å². The summed E-state index contributed by atoms with van der Waals surface area (Å²) in [5.41, 5.74) is 2.04. The van der Waals surface area contributed by atoms with E-state index >= 15 is 0 Å². The summed E-state index contributed by atoms with van der Waals surface area (Å²) in [7, 11) is 1.66. The molecule has 2 rings (SSSR count). The van der Waals surface area contributed by atoms with Crippen molar-refractivity contribution in [1.82, 2.24) is 5.32 Å². The molecule has 24 heavy (non-hydrogen) atoms. The van der Waals surface area contributed by atoms with Crippen molar-refractivity contribution >= 4 is 24.0 Å². The van der Waals surface area contributed by atoms with Crippen molar-refractivity contribution in [3.63, 3.8) is 0 Å². The highest BCUT2D eigenvalue weighted by Crippen LogP contribution is 2.32. The fourth-order valence-electron chi connectivity index (χ4n) is 2.22. The maximum Gasteiger partial charge on any atom is 0.166 e. The first-order valence-corrected chi connectivity index (χ1v) is 8.29. The number of halogens is 2. The van der Waals surface area contributed by atoms with Gasteiger partial charge in [-0.2, -0.15) is 0 Å². The second-order valence-corrected chi connectivity index (χ2v) is 5.93. The van der Waals surface area contributed by atoms with Crippen molar-refractivity contribution < 1.29 is 9.47 Å². The van der Waals surface area contributed by atoms with Crippen molar-refractivity contribution in [1.29, 1.82) is 0 Å². The van der Waals surface area contributed by atoms with Crippen LogP contribution in [0.1, 0.15) is 31.4 Å². The molecule has 0 radical (unpaired) electrons. The van der Waals surface area contributed by atoms with Crippen molar-refractivity contribution in [2.24, 2.45) is 0 Å². The molecule has 1 unspecified atom stereocenters. The number of para-hydroxylation sites is 1. The Morgan fingerprint density at radius 3 is 2.46 bits per heavy atom. The van der Waals surface area contributed by atoms with Crippen LogP contribution >= 0.6 is 24.0 Å². The third-order valence-corrected chi connectivity index (χ3v) is 4.23. The van der Waals surface area contributed by atoms with Gasteiger partial charge in [-0.3, -0.25) is 0 Å². The number of ether oxygens (including phenoxy) is 2. The van der Waals surface area contributed by atoms with Crippen LogP contribution in [0.2, 0.25) is 5.02 Å². The van der Waals surface area contributed by atoms with Gasteiger partial charge in [0.25, 0.3) is 0 Å². The molecule has 1 N–H and O–H groups in total. The van der Waals surface area contributed by atoms with Crippen LogP contribution in [0.15, 0.2) is 42.5 Å². The number of rotatable bonds is 8. The SMILES string of the molecule is CCC(C)NCc1cccc(OC)c1OCc1ccccc1Cl.Cl. The second-order valence-electron chi connectivity index (χ2n) is 5.52. The Morgan fingerprint density at radius 1 is 1.08 bits per heavy atom. The molecule has 0 saturated carbocycles. The van der Waals surface area contributed by atoms with Gasteiger partial charge in [0, 0.05) is 28.7 Å². The van der Waals surface area contributed by atoms with E-state index in [-0.39, 0.29) is 12.4 Å². The summed E-state index contributed by atoms with van der Waals surface area (Å²) in [6.07, 6.45) is 1.08. The molecule has 0 amide bonds. The highest BCUT2D eigenvalue weighted by Gasteiger charge is 2.12. The van der Waals surface area contributed by atoms with Crippen LogP contribution in [0.25, 0.3) is 0 Å². The molecule has 1 atom stereocenters. The van der Waals surface area contributed by atoms with Crippen LogP contribution in [0.5, 0.6) is 11.5 Å². The molecule has 0 saturated heterocycles. The molecule has 132 valence electrons. The lowest BCUT2D eigenvalue weighted by Gasteiger charge is -2.17. The van der Waals surface area contributed by atoms with E-state index in [1.807, 2.05) is 36.4 Å². The summed E-state index contributed by atoms with van der Waals surface area (Å²) in [6.45, 7) is 5.49. The molecule has 5 heteroatoms. The van der Waals surface area contributed by atoms with E-state index in [2.05, 4.69) is 25.2 Å². The first-order chi connectivity index (χ1) is 11.2. The van der Waals surface area contributed by atoms with Gasteiger partial charge in [-0.05, 0) is 25.5 Å². The third kappa shape index (κ3) is 5.59. The lowest BCUT2D eigenvalue weighted by Crippen LogP contribution is -2.24. The number of methoxy groups -OCH3 is 1. The molecule has 3 nitrogen and oxygen atoms in total. The van der Waals surface area contributed by atoms with Crippen LogP contribution in [-0.2, 0) is 13.2 Å². The fourth-order valence-corrected chi connectivity index (χ4v) is 2.41. The largest absolute Gasteiger partial charge is 0.493 e. The predicted molar refractivity (Wildman–Crippen MR) is 103 cm³/mol. The lowest BCUT2D eigenvalue weighted by molar-refractivity contribution is 0.280. The molecule has 0 fully saturated rings. The Labute approximate surface area is 155 Å². The Kier molecular flexibility index (Phi) is 8.98. The normalized spacial score (nSPS) is 11.5. The van der Waals surface area contributed by atoms with E-state index in [4.69, 9.17) is 21.1 Å². The minimum absolute atomic E-state index is 0. The average molecular weight is 370 g/mol. The average Bonchev–Trinajstić information content (AvgIpc) is 2.59. The van der Waals surface area contributed by atoms with Crippen molar-refractivity contribution in [3.8, 4) is 11.5 Å². The minimum Gasteiger partial charge on any atom is -0.493 e. The Bertz CT molecular complexity index is 635. The molecule has 0 aliphatic heterocycles. The third-order valence-electron chi connectivity index (χ3n) is 3.86. The van der Waals surface area contributed by atoms with Gasteiger partial charge in [-0.15, -0.1) is 12.4 Å². The van der Waals surface area contributed by atoms with Gasteiger partial charge in [-0.25, -0.2) is 0 Å². The summed E-state index contributed by atoms with van der Waals surface area (Å²) in [5.74, 6) is 1.51. The summed E-state index contributed by atoms with van der Waals surface area (Å²) in [6, 6.07) is 14.1. The summed E-state index contributed by atoms with van der Waals surface area (Å²) in [5, 5.41) is 4.20. The van der Waals surface area contributed by atoms with Gasteiger partial charge >= 0.3 is 0 Å². The van der Waals surface area contributed by atoms with Gasteiger partial charge in [0.2, 0.25) is 0 Å². The zero-order valence-electron chi connectivity index (χ0n) is 14.3. The Morgan fingerprint density at radius 2 is 1.79 bits per heavy atom. The van der Waals surface area contributed by atoms with E-state index in [1.54, 1.807) is 7.11 Å². The highest BCUT2D eigenvalue weighted by atomic mass is 35.5. The summed E-state index contributed by atoms with van der Waals surface area (Å²) < 4.78 is 11.5. The quantitative estimate of drug-likeness (QED) is 0.690. The first kappa shape index (κ1) is 20.6. The van der Waals surface area contributed by atoms with Crippen LogP contribution in [0, 0.1) is 0 Å². The summed E-state index contributed by atoms with van der Waals surface area (Å²) in [4.78, 5) is 0. The fraction of sp³-hybridized carbons (Fsp3) is 0.368. The first-order valence-electron chi connectivity index (χ1n) is 7.91. The van der Waals surface area contributed by atoms with Gasteiger partial charge < -0.3 is 14.8 Å². The van der Waals surface area contributed by atoms with E-state index in [9.17, 15) is 0 Å². The second kappa shape index (κ2) is 10.4. The molecular weight excluding hydrogens is 345 g/mol. The molecule has 2 aromatic carbocycles. The zero-order valence-corrected chi connectivity index (χ0v) is 15.9. The van der Waals surface area contributed by atoms with E-state index in [0.29, 0.717) is 17.7 Å². The maximum absolute atomic E-state index is 6.20. The molecule has 0 aliphatic rings. The van der Waals surface area contributed by atoms with Crippen LogP contribution in [-0.4, -0.2) is 13.2 Å². The molecule has 0 aromatic heterocycles. The standard InChI is InChI=1S/C19H24ClNO2.ClH/c1-4-14(2)21-12-15-9-7-11-18(22-3)19(15)23-13-16-8-5-6-10-17(16)20;/h5-11,14,21H,4,12-13H2,1-3H3;1H. The zero-order chi connectivity index (χ0) is 16.7. The van der Waals surface area contributed by atoms with Crippen LogP contribution < -0.4 is 14.8 Å². The number of hydrogen-bond acceptors (Lipinski definition) is 3. The molecular formula is C19H25Cl2NO2. The van der Waals surface area contributed by atoms with Gasteiger partial charge in [-0.1, -0.05) is 48.9 Å².